The molecule has 1 aliphatic heterocycles. The highest BCUT2D eigenvalue weighted by molar-refractivity contribution is 5.94. The van der Waals surface area contributed by atoms with Crippen molar-refractivity contribution in [1.29, 1.82) is 0 Å². The Balaban J connectivity index is 1.55. The van der Waals surface area contributed by atoms with Crippen LogP contribution in [0.2, 0.25) is 0 Å². The van der Waals surface area contributed by atoms with Crippen molar-refractivity contribution in [2.24, 2.45) is 16.7 Å². The molecule has 1 amide bonds. The lowest BCUT2D eigenvalue weighted by molar-refractivity contribution is -0.347. The number of carbonyl (C=O) groups is 7. The van der Waals surface area contributed by atoms with Gasteiger partial charge in [-0.25, -0.2) is 24.0 Å². The minimum absolute atomic E-state index is 0.0692. The second-order valence-corrected chi connectivity index (χ2v) is 19.3. The van der Waals surface area contributed by atoms with E-state index in [1.807, 2.05) is 0 Å². The molecule has 3 fully saturated rings. The van der Waals surface area contributed by atoms with E-state index >= 15 is 4.79 Å². The molecule has 2 aromatic carbocycles. The summed E-state index contributed by atoms with van der Waals surface area (Å²) in [6.45, 7) is 10.4. The molecule has 3 aliphatic carbocycles. The lowest BCUT2D eigenvalue weighted by Crippen LogP contribution is -2.82. The lowest BCUT2D eigenvalue weighted by Gasteiger charge is -2.67. The zero-order valence-corrected chi connectivity index (χ0v) is 39.9. The van der Waals surface area contributed by atoms with E-state index in [9.17, 15) is 33.9 Å². The van der Waals surface area contributed by atoms with Gasteiger partial charge in [0.15, 0.2) is 11.4 Å². The fourth-order valence-electron chi connectivity index (χ4n) is 10.6. The largest absolute Gasteiger partial charge is 0.480 e. The molecular weight excluding hydrogens is 891 g/mol. The standard InChI is InChI=1S/C49H61NO18/c1-26-30(64-43(57)38(65-34(54)24-62-23-33(52)53)36(28-17-13-11-14-18-28)50-44(58)68-45(3,4)5)22-49(59)41(66-42(56)29-19-15-12-16-20-29)39-47(8,40(55)37(61-10)35(26)46(49,6)7)31(60-9)21-32-48(39,25-63-32)67-27(2)51/h11-20,30-32,36-39,41,59H,21-25H2,1-10H3,(H,50,58)(H,52,53). The van der Waals surface area contributed by atoms with E-state index in [-0.39, 0.29) is 35.3 Å². The highest BCUT2D eigenvalue weighted by atomic mass is 16.6. The Morgan fingerprint density at radius 1 is 0.912 bits per heavy atom. The highest BCUT2D eigenvalue weighted by Gasteiger charge is 2.78. The van der Waals surface area contributed by atoms with Crippen molar-refractivity contribution >= 4 is 41.7 Å². The maximum Gasteiger partial charge on any atom is 0.408 e. The van der Waals surface area contributed by atoms with E-state index in [2.05, 4.69) is 5.32 Å². The summed E-state index contributed by atoms with van der Waals surface area (Å²) in [6, 6.07) is 14.4. The number of ether oxygens (including phenoxy) is 9. The molecule has 19 nitrogen and oxygen atoms in total. The summed E-state index contributed by atoms with van der Waals surface area (Å²) < 4.78 is 53.4. The average Bonchev–Trinajstić information content (AvgIpc) is 3.26. The number of methoxy groups -OCH3 is 2. The van der Waals surface area contributed by atoms with Crippen molar-refractivity contribution in [2.45, 2.75) is 128 Å². The summed E-state index contributed by atoms with van der Waals surface area (Å²) in [4.78, 5) is 96.3. The van der Waals surface area contributed by atoms with Gasteiger partial charge in [0.2, 0.25) is 6.10 Å². The number of hydrogen-bond donors (Lipinski definition) is 3. The van der Waals surface area contributed by atoms with Crippen LogP contribution in [-0.4, -0.2) is 139 Å². The van der Waals surface area contributed by atoms with Crippen LogP contribution in [0.5, 0.6) is 0 Å². The Morgan fingerprint density at radius 2 is 1.54 bits per heavy atom. The van der Waals surface area contributed by atoms with Crippen LogP contribution in [0.3, 0.4) is 0 Å². The predicted molar refractivity (Wildman–Crippen MR) is 236 cm³/mol. The normalized spacial score (nSPS) is 30.3. The zero-order valence-electron chi connectivity index (χ0n) is 39.9. The van der Waals surface area contributed by atoms with Gasteiger partial charge in [-0.3, -0.25) is 9.59 Å². The molecule has 11 unspecified atom stereocenters. The number of fused-ring (bicyclic) bond motifs is 5. The van der Waals surface area contributed by atoms with Gasteiger partial charge in [-0.05, 0) is 63.5 Å². The molecule has 1 heterocycles. The molecule has 2 aromatic rings. The third kappa shape index (κ3) is 9.63. The third-order valence-electron chi connectivity index (χ3n) is 13.7. The molecule has 19 heteroatoms. The summed E-state index contributed by atoms with van der Waals surface area (Å²) in [5.41, 5.74) is -7.57. The van der Waals surface area contributed by atoms with Crippen molar-refractivity contribution in [3.8, 4) is 0 Å². The summed E-state index contributed by atoms with van der Waals surface area (Å²) >= 11 is 0. The number of alkyl carbamates (subject to hydrolysis) is 1. The zero-order chi connectivity index (χ0) is 50.1. The van der Waals surface area contributed by atoms with Crippen LogP contribution in [0, 0.1) is 16.7 Å². The average molecular weight is 952 g/mol. The maximum atomic E-state index is 15.7. The summed E-state index contributed by atoms with van der Waals surface area (Å²) in [5.74, 6) is -7.47. The topological polar surface area (TPSA) is 255 Å². The fourth-order valence-corrected chi connectivity index (χ4v) is 10.6. The molecule has 6 rings (SSSR count). The Kier molecular flexibility index (Phi) is 15.0. The lowest BCUT2D eigenvalue weighted by atomic mass is 9.44. The number of benzene rings is 2. The number of aliphatic carboxylic acids is 1. The van der Waals surface area contributed by atoms with Crippen LogP contribution in [0.4, 0.5) is 4.79 Å². The molecule has 4 aliphatic rings. The van der Waals surface area contributed by atoms with Gasteiger partial charge in [0.1, 0.15) is 54.9 Å². The second kappa shape index (κ2) is 19.7. The third-order valence-corrected chi connectivity index (χ3v) is 13.7. The van der Waals surface area contributed by atoms with Gasteiger partial charge in [0.25, 0.3) is 0 Å². The molecule has 3 N–H and O–H groups in total. The van der Waals surface area contributed by atoms with Gasteiger partial charge in [0, 0.05) is 39.4 Å². The molecule has 11 atom stereocenters. The SMILES string of the molecule is COC1C(=O)C2(C)C(OC)CC3OCC3(OC(C)=O)C2C(OC(=O)c2ccccc2)C2(O)CC(OC(=O)C(OC(=O)COCC(=O)O)C(NC(=O)OC(C)(C)C)c3ccccc3)C(C)=C1C2(C)C. The summed E-state index contributed by atoms with van der Waals surface area (Å²) in [5, 5.41) is 25.6. The number of rotatable bonds is 15. The van der Waals surface area contributed by atoms with E-state index in [1.54, 1.807) is 97.0 Å². The first-order valence-corrected chi connectivity index (χ1v) is 22.2. The van der Waals surface area contributed by atoms with Crippen molar-refractivity contribution in [3.63, 3.8) is 0 Å². The molecule has 2 bridgehead atoms. The Hall–Kier alpha value is -5.73. The Bertz CT molecular complexity index is 2290. The van der Waals surface area contributed by atoms with Crippen LogP contribution in [-0.2, 0) is 66.6 Å². The molecule has 370 valence electrons. The van der Waals surface area contributed by atoms with Gasteiger partial charge in [-0.15, -0.1) is 0 Å². The van der Waals surface area contributed by atoms with Gasteiger partial charge >= 0.3 is 35.9 Å². The number of amides is 1. The van der Waals surface area contributed by atoms with Crippen LogP contribution in [0.15, 0.2) is 71.8 Å². The van der Waals surface area contributed by atoms with Crippen LogP contribution < -0.4 is 5.32 Å². The van der Waals surface area contributed by atoms with E-state index in [0.717, 1.165) is 0 Å². The fraction of sp³-hybridized carbons (Fsp3) is 0.571. The molecule has 0 radical (unpaired) electrons. The first-order valence-electron chi connectivity index (χ1n) is 22.2. The van der Waals surface area contributed by atoms with E-state index in [0.29, 0.717) is 0 Å². The number of hydrogen-bond acceptors (Lipinski definition) is 17. The summed E-state index contributed by atoms with van der Waals surface area (Å²) in [7, 11) is 2.71. The smallest absolute Gasteiger partial charge is 0.408 e. The molecule has 1 saturated heterocycles. The van der Waals surface area contributed by atoms with Gasteiger partial charge in [0.05, 0.1) is 29.6 Å². The minimum atomic E-state index is -2.34. The molecular formula is C49H61NO18. The number of carboxylic acid groups (broad SMARTS) is 1. The monoisotopic (exact) mass is 951 g/mol. The van der Waals surface area contributed by atoms with Gasteiger partial charge in [-0.1, -0.05) is 62.4 Å². The first kappa shape index (κ1) is 51.7. The number of esters is 4. The van der Waals surface area contributed by atoms with Crippen molar-refractivity contribution in [1.82, 2.24) is 5.32 Å². The molecule has 2 saturated carbocycles. The Labute approximate surface area is 394 Å². The highest BCUT2D eigenvalue weighted by Crippen LogP contribution is 2.65. The van der Waals surface area contributed by atoms with Crippen LogP contribution in [0.1, 0.15) is 90.2 Å². The van der Waals surface area contributed by atoms with Crippen LogP contribution >= 0.6 is 0 Å². The second-order valence-electron chi connectivity index (χ2n) is 19.3. The van der Waals surface area contributed by atoms with Crippen molar-refractivity contribution < 1.29 is 86.4 Å². The van der Waals surface area contributed by atoms with Crippen molar-refractivity contribution in [3.05, 3.63) is 82.9 Å². The molecule has 0 spiro atoms. The number of aliphatic hydroxyl groups is 1. The van der Waals surface area contributed by atoms with E-state index in [4.69, 9.17) is 47.7 Å². The number of Topliss-reactive ketones (excluding diaryl/α,β-unsaturated/α-hetero) is 1. The number of carboxylic acids is 1. The van der Waals surface area contributed by atoms with Gasteiger partial charge in [-0.2, -0.15) is 0 Å². The minimum Gasteiger partial charge on any atom is -0.480 e. The summed E-state index contributed by atoms with van der Waals surface area (Å²) in [6.07, 6.45) is -10.1. The Morgan fingerprint density at radius 3 is 2.09 bits per heavy atom. The number of nitrogens with one attached hydrogen (secondary N) is 1. The predicted octanol–water partition coefficient (Wildman–Crippen LogP) is 4.22. The first-order chi connectivity index (χ1) is 31.9. The van der Waals surface area contributed by atoms with Crippen molar-refractivity contribution in [2.75, 3.05) is 34.0 Å². The van der Waals surface area contributed by atoms with E-state index in [1.165, 1.54) is 33.3 Å². The maximum absolute atomic E-state index is 15.7. The van der Waals surface area contributed by atoms with Crippen LogP contribution in [0.25, 0.3) is 0 Å². The molecule has 68 heavy (non-hydrogen) atoms. The number of ketones is 1. The van der Waals surface area contributed by atoms with Gasteiger partial charge < -0.3 is 58.2 Å². The molecule has 0 aromatic heterocycles. The van der Waals surface area contributed by atoms with E-state index < -0.39 is 138 Å². The quantitative estimate of drug-likeness (QED) is 0.128. The number of carbonyl (C=O) groups excluding carboxylic acids is 6.